The van der Waals surface area contributed by atoms with E-state index in [-0.39, 0.29) is 5.56 Å². The van der Waals surface area contributed by atoms with Crippen molar-refractivity contribution in [1.82, 2.24) is 18.9 Å². The van der Waals surface area contributed by atoms with Gasteiger partial charge in [-0.1, -0.05) is 35.5 Å². The van der Waals surface area contributed by atoms with Crippen LogP contribution in [0.15, 0.2) is 64.9 Å². The fraction of sp³-hybridized carbons (Fsp3) is 0.150. The fourth-order valence-electron chi connectivity index (χ4n) is 2.91. The maximum atomic E-state index is 12.3. The average Bonchev–Trinajstić information content (AvgIpc) is 3.11. The van der Waals surface area contributed by atoms with Crippen LogP contribution in [0.3, 0.4) is 0 Å². The summed E-state index contributed by atoms with van der Waals surface area (Å²) in [5.41, 5.74) is 4.71. The van der Waals surface area contributed by atoms with Crippen molar-refractivity contribution in [1.29, 1.82) is 0 Å². The van der Waals surface area contributed by atoms with E-state index in [1.807, 2.05) is 12.3 Å². The van der Waals surface area contributed by atoms with E-state index in [2.05, 4.69) is 40.5 Å². The lowest BCUT2D eigenvalue weighted by Gasteiger charge is -2.12. The van der Waals surface area contributed by atoms with Crippen LogP contribution in [-0.4, -0.2) is 18.9 Å². The molecule has 0 aliphatic rings. The van der Waals surface area contributed by atoms with Gasteiger partial charge in [-0.15, -0.1) is 0 Å². The van der Waals surface area contributed by atoms with E-state index in [0.29, 0.717) is 22.1 Å². The normalized spacial score (nSPS) is 11.2. The van der Waals surface area contributed by atoms with Crippen molar-refractivity contribution in [2.75, 3.05) is 0 Å². The molecule has 0 radical (unpaired) electrons. The zero-order valence-electron chi connectivity index (χ0n) is 14.9. The number of rotatable bonds is 4. The first-order chi connectivity index (χ1) is 13.0. The van der Waals surface area contributed by atoms with Gasteiger partial charge in [0.15, 0.2) is 5.16 Å². The van der Waals surface area contributed by atoms with Crippen molar-refractivity contribution in [2.24, 2.45) is 0 Å². The van der Waals surface area contributed by atoms with Crippen LogP contribution in [-0.2, 0) is 5.75 Å². The van der Waals surface area contributed by atoms with Crippen LogP contribution in [0.1, 0.15) is 16.8 Å². The van der Waals surface area contributed by atoms with E-state index in [0.717, 1.165) is 10.8 Å². The number of aromatic nitrogens is 4. The second-order valence-electron chi connectivity index (χ2n) is 6.25. The Kier molecular flexibility index (Phi) is 4.76. The number of imidazole rings is 1. The molecule has 0 atom stereocenters. The summed E-state index contributed by atoms with van der Waals surface area (Å²) < 4.78 is 3.52. The van der Waals surface area contributed by atoms with Gasteiger partial charge in [-0.05, 0) is 43.2 Å². The van der Waals surface area contributed by atoms with Crippen molar-refractivity contribution in [2.45, 2.75) is 24.8 Å². The zero-order chi connectivity index (χ0) is 19.0. The van der Waals surface area contributed by atoms with Crippen LogP contribution >= 0.6 is 23.4 Å². The number of pyridine rings is 1. The minimum Gasteiger partial charge on any atom is -0.295 e. The van der Waals surface area contributed by atoms with Gasteiger partial charge in [0.2, 0.25) is 0 Å². The summed E-state index contributed by atoms with van der Waals surface area (Å²) in [6.45, 7) is 4.21. The summed E-state index contributed by atoms with van der Waals surface area (Å²) in [7, 11) is 0. The highest BCUT2D eigenvalue weighted by Gasteiger charge is 2.11. The first-order valence-electron chi connectivity index (χ1n) is 8.43. The Morgan fingerprint density at radius 1 is 1.19 bits per heavy atom. The summed E-state index contributed by atoms with van der Waals surface area (Å²) in [5, 5.41) is 1.37. The van der Waals surface area contributed by atoms with Crippen molar-refractivity contribution >= 4 is 29.0 Å². The Hall–Kier alpha value is -2.57. The summed E-state index contributed by atoms with van der Waals surface area (Å²) in [6, 6.07) is 11.2. The predicted octanol–water partition coefficient (Wildman–Crippen LogP) is 4.44. The third-order valence-electron chi connectivity index (χ3n) is 4.47. The molecule has 7 heteroatoms. The van der Waals surface area contributed by atoms with Gasteiger partial charge < -0.3 is 0 Å². The maximum Gasteiger partial charge on any atom is 0.258 e. The molecule has 27 heavy (non-hydrogen) atoms. The van der Waals surface area contributed by atoms with Crippen molar-refractivity contribution < 1.29 is 0 Å². The molecular formula is C20H17ClN4OS. The molecule has 0 N–H and O–H groups in total. The molecule has 0 unspecified atom stereocenters. The van der Waals surface area contributed by atoms with E-state index < -0.39 is 0 Å². The van der Waals surface area contributed by atoms with Crippen molar-refractivity contribution in [3.63, 3.8) is 0 Å². The van der Waals surface area contributed by atoms with Gasteiger partial charge in [0, 0.05) is 30.4 Å². The number of benzene rings is 1. The number of hydrogen-bond acceptors (Lipinski definition) is 4. The average molecular weight is 397 g/mol. The summed E-state index contributed by atoms with van der Waals surface area (Å²) in [6.07, 6.45) is 5.32. The van der Waals surface area contributed by atoms with E-state index in [4.69, 9.17) is 11.6 Å². The molecule has 136 valence electrons. The molecule has 0 aliphatic carbocycles. The molecule has 0 saturated heterocycles. The van der Waals surface area contributed by atoms with Crippen molar-refractivity contribution in [3.05, 3.63) is 87.2 Å². The minimum atomic E-state index is -0.143. The number of hydrogen-bond donors (Lipinski definition) is 0. The smallest absolute Gasteiger partial charge is 0.258 e. The maximum absolute atomic E-state index is 12.3. The Morgan fingerprint density at radius 2 is 2.04 bits per heavy atom. The van der Waals surface area contributed by atoms with E-state index >= 15 is 0 Å². The fourth-order valence-corrected chi connectivity index (χ4v) is 3.93. The highest BCUT2D eigenvalue weighted by atomic mass is 35.5. The second-order valence-corrected chi connectivity index (χ2v) is 7.63. The second kappa shape index (κ2) is 7.21. The molecule has 5 nitrogen and oxygen atoms in total. The van der Waals surface area contributed by atoms with Gasteiger partial charge in [0.1, 0.15) is 5.65 Å². The molecule has 0 spiro atoms. The van der Waals surface area contributed by atoms with Crippen LogP contribution in [0, 0.1) is 13.8 Å². The van der Waals surface area contributed by atoms with Crippen LogP contribution < -0.4 is 5.56 Å². The summed E-state index contributed by atoms with van der Waals surface area (Å²) in [4.78, 5) is 21.3. The van der Waals surface area contributed by atoms with Crippen LogP contribution in [0.25, 0.3) is 11.3 Å². The van der Waals surface area contributed by atoms with Gasteiger partial charge in [-0.25, -0.2) is 9.97 Å². The number of aryl methyl sites for hydroxylation is 1. The molecule has 3 heterocycles. The topological polar surface area (TPSA) is 52.2 Å². The van der Waals surface area contributed by atoms with Gasteiger partial charge in [-0.2, -0.15) is 0 Å². The molecule has 0 aliphatic heterocycles. The Balaban J connectivity index is 1.63. The van der Waals surface area contributed by atoms with Gasteiger partial charge in [0.05, 0.1) is 16.4 Å². The molecule has 0 fully saturated rings. The highest BCUT2D eigenvalue weighted by Crippen LogP contribution is 2.26. The number of halogens is 1. The van der Waals surface area contributed by atoms with Gasteiger partial charge >= 0.3 is 0 Å². The Labute approximate surface area is 165 Å². The molecule has 1 aromatic carbocycles. The molecule has 0 saturated carbocycles. The Morgan fingerprint density at radius 3 is 2.89 bits per heavy atom. The van der Waals surface area contributed by atoms with Gasteiger partial charge in [0.25, 0.3) is 5.56 Å². The van der Waals surface area contributed by atoms with E-state index in [9.17, 15) is 4.79 Å². The number of thioether (sulfide) groups is 1. The number of nitrogens with zero attached hydrogens (tertiary/aromatic N) is 4. The van der Waals surface area contributed by atoms with E-state index in [1.165, 1.54) is 15.5 Å². The quantitative estimate of drug-likeness (QED) is 0.478. The van der Waals surface area contributed by atoms with E-state index in [1.54, 1.807) is 42.4 Å². The molecule has 4 aromatic rings. The molecule has 0 amide bonds. The molecular weight excluding hydrogens is 380 g/mol. The SMILES string of the molecule is Cc1cccc(-n2ccnc2SCc2cc(=O)n3cc(Cl)ccc3n2)c1C. The third kappa shape index (κ3) is 3.50. The monoisotopic (exact) mass is 396 g/mol. The van der Waals surface area contributed by atoms with Crippen LogP contribution in [0.4, 0.5) is 0 Å². The molecule has 4 rings (SSSR count). The van der Waals surface area contributed by atoms with Gasteiger partial charge in [-0.3, -0.25) is 13.8 Å². The lowest BCUT2D eigenvalue weighted by molar-refractivity contribution is 0.884. The summed E-state index contributed by atoms with van der Waals surface area (Å²) in [5.74, 6) is 0.552. The standard InChI is InChI=1S/C20H17ClN4OS/c1-13-4-3-5-17(14(13)2)24-9-8-22-20(24)27-12-16-10-19(26)25-11-15(21)6-7-18(25)23-16/h3-11H,12H2,1-2H3. The molecule has 3 aromatic heterocycles. The lowest BCUT2D eigenvalue weighted by atomic mass is 10.1. The predicted molar refractivity (Wildman–Crippen MR) is 109 cm³/mol. The molecule has 0 bridgehead atoms. The highest BCUT2D eigenvalue weighted by molar-refractivity contribution is 7.98. The van der Waals surface area contributed by atoms with Crippen molar-refractivity contribution in [3.8, 4) is 5.69 Å². The lowest BCUT2D eigenvalue weighted by Crippen LogP contribution is -2.15. The third-order valence-corrected chi connectivity index (χ3v) is 5.69. The first-order valence-corrected chi connectivity index (χ1v) is 9.80. The number of fused-ring (bicyclic) bond motifs is 1. The largest absolute Gasteiger partial charge is 0.295 e. The zero-order valence-corrected chi connectivity index (χ0v) is 16.5. The minimum absolute atomic E-state index is 0.143. The Bertz CT molecular complexity index is 1200. The van der Waals surface area contributed by atoms with Crippen LogP contribution in [0.5, 0.6) is 0 Å². The first kappa shape index (κ1) is 17.8. The van der Waals surface area contributed by atoms with Crippen LogP contribution in [0.2, 0.25) is 5.02 Å². The summed E-state index contributed by atoms with van der Waals surface area (Å²) >= 11 is 7.51.